The van der Waals surface area contributed by atoms with Crippen molar-refractivity contribution in [1.82, 2.24) is 15.1 Å². The van der Waals surface area contributed by atoms with Gasteiger partial charge < -0.3 is 15.0 Å². The highest BCUT2D eigenvalue weighted by molar-refractivity contribution is 5.78. The first kappa shape index (κ1) is 19.2. The Labute approximate surface area is 167 Å². The molecular weight excluding hydrogens is 354 g/mol. The largest absolute Gasteiger partial charge is 0.494 e. The Morgan fingerprint density at radius 1 is 1.25 bits per heavy atom. The lowest BCUT2D eigenvalue weighted by molar-refractivity contribution is -0.145. The molecule has 0 spiro atoms. The van der Waals surface area contributed by atoms with Gasteiger partial charge in [0.2, 0.25) is 11.8 Å². The van der Waals surface area contributed by atoms with Crippen LogP contribution in [0.25, 0.3) is 0 Å². The minimum absolute atomic E-state index is 0.0582. The average molecular weight is 386 g/mol. The highest BCUT2D eigenvalue weighted by Crippen LogP contribution is 2.37. The first-order valence-corrected chi connectivity index (χ1v) is 10.6. The van der Waals surface area contributed by atoms with E-state index < -0.39 is 0 Å². The van der Waals surface area contributed by atoms with E-state index in [1.807, 2.05) is 31.2 Å². The Morgan fingerprint density at radius 3 is 2.96 bits per heavy atom. The van der Waals surface area contributed by atoms with Gasteiger partial charge in [-0.1, -0.05) is 18.2 Å². The van der Waals surface area contributed by atoms with E-state index in [1.165, 1.54) is 6.42 Å². The van der Waals surface area contributed by atoms with Crippen LogP contribution < -0.4 is 10.1 Å². The summed E-state index contributed by atoms with van der Waals surface area (Å²) in [7, 11) is 0. The van der Waals surface area contributed by atoms with E-state index in [-0.39, 0.29) is 5.91 Å². The fourth-order valence-corrected chi connectivity index (χ4v) is 5.24. The second-order valence-electron chi connectivity index (χ2n) is 8.38. The number of rotatable bonds is 6. The molecule has 3 saturated heterocycles. The van der Waals surface area contributed by atoms with Gasteiger partial charge in [-0.15, -0.1) is 0 Å². The van der Waals surface area contributed by atoms with Crippen molar-refractivity contribution in [3.8, 4) is 5.75 Å². The van der Waals surface area contributed by atoms with Gasteiger partial charge in [0.15, 0.2) is 0 Å². The molecule has 6 heteroatoms. The van der Waals surface area contributed by atoms with Gasteiger partial charge in [0.05, 0.1) is 13.2 Å². The molecule has 152 valence electrons. The third-order valence-electron chi connectivity index (χ3n) is 6.37. The first-order chi connectivity index (χ1) is 13.6. The van der Waals surface area contributed by atoms with Crippen molar-refractivity contribution >= 4 is 11.8 Å². The van der Waals surface area contributed by atoms with Crippen LogP contribution >= 0.6 is 0 Å². The van der Waals surface area contributed by atoms with Gasteiger partial charge >= 0.3 is 0 Å². The predicted octanol–water partition coefficient (Wildman–Crippen LogP) is 2.03. The fraction of sp³-hybridized carbons (Fsp3) is 0.636. The maximum absolute atomic E-state index is 12.6. The molecule has 2 amide bonds. The molecule has 0 aliphatic carbocycles. The SMILES string of the molecule is CCOc1ccccc1CNC(=O)CN1C[C@H]2C[C@H](C1)[C@H]1CCCC(=O)N1C2. The molecule has 1 aromatic carbocycles. The lowest BCUT2D eigenvalue weighted by Gasteiger charge is -2.52. The molecule has 0 aromatic heterocycles. The molecule has 0 unspecified atom stereocenters. The number of carbonyl (C=O) groups excluding carboxylic acids is 2. The standard InChI is InChI=1S/C22H31N3O3/c1-2-28-20-8-4-3-6-17(20)11-23-21(26)15-24-12-16-10-18(14-24)19-7-5-9-22(27)25(19)13-16/h3-4,6,8,16,18-19H,2,5,7,9-15H2,1H3,(H,23,26)/t16-,18-,19-/m1/s1. The van der Waals surface area contributed by atoms with Gasteiger partial charge in [-0.25, -0.2) is 0 Å². The van der Waals surface area contributed by atoms with Crippen LogP contribution in [0.2, 0.25) is 0 Å². The number of benzene rings is 1. The Hall–Kier alpha value is -2.08. The van der Waals surface area contributed by atoms with Crippen LogP contribution in [0.4, 0.5) is 0 Å². The van der Waals surface area contributed by atoms with E-state index in [9.17, 15) is 9.59 Å². The van der Waals surface area contributed by atoms with Crippen molar-refractivity contribution in [3.05, 3.63) is 29.8 Å². The molecule has 3 heterocycles. The number of piperidine rings is 3. The molecule has 3 fully saturated rings. The second-order valence-corrected chi connectivity index (χ2v) is 8.38. The number of hydrogen-bond donors (Lipinski definition) is 1. The normalized spacial score (nSPS) is 27.2. The molecule has 3 aliphatic heterocycles. The van der Waals surface area contributed by atoms with E-state index in [1.54, 1.807) is 0 Å². The van der Waals surface area contributed by atoms with Gasteiger partial charge in [-0.2, -0.15) is 0 Å². The third-order valence-corrected chi connectivity index (χ3v) is 6.37. The van der Waals surface area contributed by atoms with E-state index >= 15 is 0 Å². The number of ether oxygens (including phenoxy) is 1. The number of nitrogens with one attached hydrogen (secondary N) is 1. The minimum Gasteiger partial charge on any atom is -0.494 e. The average Bonchev–Trinajstić information content (AvgIpc) is 2.68. The molecule has 3 aliphatic rings. The smallest absolute Gasteiger partial charge is 0.234 e. The van der Waals surface area contributed by atoms with Gasteiger partial charge in [-0.3, -0.25) is 14.5 Å². The third kappa shape index (κ3) is 4.17. The molecule has 3 atom stereocenters. The molecule has 1 aromatic rings. The molecule has 28 heavy (non-hydrogen) atoms. The zero-order valence-corrected chi connectivity index (χ0v) is 16.7. The first-order valence-electron chi connectivity index (χ1n) is 10.6. The quantitative estimate of drug-likeness (QED) is 0.814. The van der Waals surface area contributed by atoms with Crippen molar-refractivity contribution in [2.24, 2.45) is 11.8 Å². The van der Waals surface area contributed by atoms with Crippen LogP contribution in [-0.4, -0.2) is 60.4 Å². The summed E-state index contributed by atoms with van der Waals surface area (Å²) in [4.78, 5) is 29.2. The zero-order chi connectivity index (χ0) is 19.5. The van der Waals surface area contributed by atoms with Crippen molar-refractivity contribution in [2.75, 3.05) is 32.8 Å². The Balaban J connectivity index is 1.31. The molecule has 0 radical (unpaired) electrons. The number of carbonyl (C=O) groups is 2. The van der Waals surface area contributed by atoms with Crippen LogP contribution in [0, 0.1) is 11.8 Å². The van der Waals surface area contributed by atoms with Gasteiger partial charge in [-0.05, 0) is 44.1 Å². The molecule has 1 N–H and O–H groups in total. The summed E-state index contributed by atoms with van der Waals surface area (Å²) < 4.78 is 5.63. The van der Waals surface area contributed by atoms with Crippen LogP contribution in [0.5, 0.6) is 5.75 Å². The van der Waals surface area contributed by atoms with E-state index in [0.717, 1.165) is 43.8 Å². The number of amides is 2. The summed E-state index contributed by atoms with van der Waals surface area (Å²) in [6.07, 6.45) is 4.05. The molecule has 0 saturated carbocycles. The van der Waals surface area contributed by atoms with Crippen molar-refractivity contribution in [3.63, 3.8) is 0 Å². The summed E-state index contributed by atoms with van der Waals surface area (Å²) in [6, 6.07) is 8.23. The van der Waals surface area contributed by atoms with Gasteiger partial charge in [0.25, 0.3) is 0 Å². The maximum Gasteiger partial charge on any atom is 0.234 e. The number of fused-ring (bicyclic) bond motifs is 4. The highest BCUT2D eigenvalue weighted by Gasteiger charge is 2.43. The van der Waals surface area contributed by atoms with Gasteiger partial charge in [0, 0.05) is 44.2 Å². The topological polar surface area (TPSA) is 61.9 Å². The number of nitrogens with zero attached hydrogens (tertiary/aromatic N) is 2. The predicted molar refractivity (Wildman–Crippen MR) is 107 cm³/mol. The van der Waals surface area contributed by atoms with Crippen LogP contribution in [0.1, 0.15) is 38.2 Å². The van der Waals surface area contributed by atoms with Crippen molar-refractivity contribution in [2.45, 2.75) is 45.2 Å². The fourth-order valence-electron chi connectivity index (χ4n) is 5.24. The van der Waals surface area contributed by atoms with Crippen LogP contribution in [-0.2, 0) is 16.1 Å². The molecule has 2 bridgehead atoms. The molecule has 6 nitrogen and oxygen atoms in total. The monoisotopic (exact) mass is 385 g/mol. The second kappa shape index (κ2) is 8.52. The molecular formula is C22H31N3O3. The number of likely N-dealkylation sites (tertiary alicyclic amines) is 1. The zero-order valence-electron chi connectivity index (χ0n) is 16.7. The minimum atomic E-state index is 0.0582. The summed E-state index contributed by atoms with van der Waals surface area (Å²) in [5, 5.41) is 3.05. The van der Waals surface area contributed by atoms with Crippen LogP contribution in [0.3, 0.4) is 0 Å². The van der Waals surface area contributed by atoms with Crippen molar-refractivity contribution < 1.29 is 14.3 Å². The lowest BCUT2D eigenvalue weighted by Crippen LogP contribution is -2.61. The maximum atomic E-state index is 12.6. The number of para-hydroxylation sites is 1. The Morgan fingerprint density at radius 2 is 2.11 bits per heavy atom. The molecule has 4 rings (SSSR count). The summed E-state index contributed by atoms with van der Waals surface area (Å²) in [5.41, 5.74) is 1.00. The summed E-state index contributed by atoms with van der Waals surface area (Å²) >= 11 is 0. The van der Waals surface area contributed by atoms with E-state index in [4.69, 9.17) is 4.74 Å². The van der Waals surface area contributed by atoms with Crippen molar-refractivity contribution in [1.29, 1.82) is 0 Å². The van der Waals surface area contributed by atoms with Crippen LogP contribution in [0.15, 0.2) is 24.3 Å². The summed E-state index contributed by atoms with van der Waals surface area (Å²) in [6.45, 7) is 6.21. The van der Waals surface area contributed by atoms with E-state index in [0.29, 0.717) is 49.9 Å². The van der Waals surface area contributed by atoms with Gasteiger partial charge in [0.1, 0.15) is 5.75 Å². The highest BCUT2D eigenvalue weighted by atomic mass is 16.5. The number of hydrogen-bond acceptors (Lipinski definition) is 4. The summed E-state index contributed by atoms with van der Waals surface area (Å²) in [5.74, 6) is 2.25. The Bertz CT molecular complexity index is 723. The lowest BCUT2D eigenvalue weighted by atomic mass is 9.76. The van der Waals surface area contributed by atoms with E-state index in [2.05, 4.69) is 15.1 Å². The Kier molecular flexibility index (Phi) is 5.85.